The lowest BCUT2D eigenvalue weighted by Gasteiger charge is -2.09. The van der Waals surface area contributed by atoms with Crippen LogP contribution in [-0.2, 0) is 4.74 Å². The summed E-state index contributed by atoms with van der Waals surface area (Å²) < 4.78 is 20.1. The molecule has 6 nitrogen and oxygen atoms in total. The van der Waals surface area contributed by atoms with Crippen LogP contribution in [0.4, 0.5) is 4.39 Å². The molecular formula is C16H15FN4O2. The molecule has 1 amide bonds. The molecule has 23 heavy (non-hydrogen) atoms. The number of nitrogens with one attached hydrogen (secondary N) is 1. The molecule has 3 aromatic rings. The van der Waals surface area contributed by atoms with E-state index in [1.165, 1.54) is 12.1 Å². The van der Waals surface area contributed by atoms with Crippen molar-refractivity contribution in [2.45, 2.75) is 0 Å². The summed E-state index contributed by atoms with van der Waals surface area (Å²) in [5, 5.41) is 3.48. The molecule has 0 radical (unpaired) electrons. The van der Waals surface area contributed by atoms with Gasteiger partial charge in [0.1, 0.15) is 11.5 Å². The van der Waals surface area contributed by atoms with E-state index in [1.807, 2.05) is 0 Å². The Bertz CT molecular complexity index is 833. The standard InChI is InChI=1S/C16H15FN4O2/c1-23-8-7-18-15(22)14-9-11-3-4-12(17)10-13(11)21(14)16-19-5-2-6-20-16/h2-6,9-10H,7-8H2,1H3,(H,18,22). The van der Waals surface area contributed by atoms with Crippen molar-refractivity contribution in [2.75, 3.05) is 20.3 Å². The van der Waals surface area contributed by atoms with E-state index in [4.69, 9.17) is 4.74 Å². The first-order valence-electron chi connectivity index (χ1n) is 7.06. The predicted octanol–water partition coefficient (Wildman–Crippen LogP) is 1.94. The van der Waals surface area contributed by atoms with Gasteiger partial charge in [-0.05, 0) is 30.3 Å². The van der Waals surface area contributed by atoms with Crippen LogP contribution in [0.3, 0.4) is 0 Å². The molecule has 7 heteroatoms. The van der Waals surface area contributed by atoms with Crippen molar-refractivity contribution in [1.82, 2.24) is 19.9 Å². The Balaban J connectivity index is 2.11. The van der Waals surface area contributed by atoms with Crippen LogP contribution >= 0.6 is 0 Å². The number of benzene rings is 1. The fraction of sp³-hybridized carbons (Fsp3) is 0.188. The van der Waals surface area contributed by atoms with Crippen LogP contribution in [0.25, 0.3) is 16.9 Å². The minimum absolute atomic E-state index is 0.300. The Morgan fingerprint density at radius 1 is 1.30 bits per heavy atom. The average molecular weight is 314 g/mol. The van der Waals surface area contributed by atoms with Gasteiger partial charge in [0.15, 0.2) is 0 Å². The second kappa shape index (κ2) is 6.53. The van der Waals surface area contributed by atoms with Crippen LogP contribution < -0.4 is 5.32 Å². The molecule has 2 aromatic heterocycles. The lowest BCUT2D eigenvalue weighted by Crippen LogP contribution is -2.28. The van der Waals surface area contributed by atoms with Crippen molar-refractivity contribution in [3.63, 3.8) is 0 Å². The van der Waals surface area contributed by atoms with Crippen molar-refractivity contribution in [1.29, 1.82) is 0 Å². The largest absolute Gasteiger partial charge is 0.383 e. The zero-order valence-corrected chi connectivity index (χ0v) is 12.5. The fourth-order valence-corrected chi connectivity index (χ4v) is 2.32. The first-order valence-corrected chi connectivity index (χ1v) is 7.06. The monoisotopic (exact) mass is 314 g/mol. The number of nitrogens with zero attached hydrogens (tertiary/aromatic N) is 3. The normalized spacial score (nSPS) is 10.9. The highest BCUT2D eigenvalue weighted by Gasteiger charge is 2.18. The van der Waals surface area contributed by atoms with Gasteiger partial charge in [-0.15, -0.1) is 0 Å². The van der Waals surface area contributed by atoms with Gasteiger partial charge in [-0.1, -0.05) is 0 Å². The second-order valence-electron chi connectivity index (χ2n) is 4.87. The summed E-state index contributed by atoms with van der Waals surface area (Å²) in [6, 6.07) is 7.69. The summed E-state index contributed by atoms with van der Waals surface area (Å²) in [4.78, 5) is 20.8. The summed E-state index contributed by atoms with van der Waals surface area (Å²) in [5.41, 5.74) is 0.876. The number of fused-ring (bicyclic) bond motifs is 1. The van der Waals surface area contributed by atoms with Gasteiger partial charge < -0.3 is 10.1 Å². The van der Waals surface area contributed by atoms with Gasteiger partial charge in [-0.3, -0.25) is 9.36 Å². The second-order valence-corrected chi connectivity index (χ2v) is 4.87. The average Bonchev–Trinajstić information content (AvgIpc) is 2.94. The third-order valence-corrected chi connectivity index (χ3v) is 3.34. The highest BCUT2D eigenvalue weighted by molar-refractivity contribution is 5.99. The van der Waals surface area contributed by atoms with Gasteiger partial charge in [0, 0.05) is 31.4 Å². The van der Waals surface area contributed by atoms with E-state index in [-0.39, 0.29) is 11.7 Å². The number of halogens is 1. The molecule has 0 fully saturated rings. The van der Waals surface area contributed by atoms with E-state index in [0.29, 0.717) is 30.3 Å². The van der Waals surface area contributed by atoms with E-state index < -0.39 is 0 Å². The first-order chi connectivity index (χ1) is 11.2. The molecule has 118 valence electrons. The van der Waals surface area contributed by atoms with Gasteiger partial charge in [0.2, 0.25) is 5.95 Å². The Labute approximate surface area is 131 Å². The number of amides is 1. The van der Waals surface area contributed by atoms with E-state index in [1.54, 1.807) is 42.3 Å². The molecule has 0 aliphatic carbocycles. The molecule has 0 atom stereocenters. The van der Waals surface area contributed by atoms with E-state index >= 15 is 0 Å². The molecule has 0 spiro atoms. The van der Waals surface area contributed by atoms with Gasteiger partial charge in [0.05, 0.1) is 12.1 Å². The van der Waals surface area contributed by atoms with Crippen LogP contribution in [0.15, 0.2) is 42.7 Å². The van der Waals surface area contributed by atoms with Crippen molar-refractivity contribution in [3.8, 4) is 5.95 Å². The maximum Gasteiger partial charge on any atom is 0.268 e. The summed E-state index contributed by atoms with van der Waals surface area (Å²) in [6.07, 6.45) is 3.14. The molecule has 0 aliphatic heterocycles. The van der Waals surface area contributed by atoms with Crippen LogP contribution in [0.5, 0.6) is 0 Å². The van der Waals surface area contributed by atoms with Crippen molar-refractivity contribution >= 4 is 16.8 Å². The highest BCUT2D eigenvalue weighted by Crippen LogP contribution is 2.23. The number of ether oxygens (including phenoxy) is 1. The molecule has 0 unspecified atom stereocenters. The van der Waals surface area contributed by atoms with Gasteiger partial charge >= 0.3 is 0 Å². The third kappa shape index (κ3) is 3.04. The Kier molecular flexibility index (Phi) is 4.29. The minimum atomic E-state index is -0.390. The third-order valence-electron chi connectivity index (χ3n) is 3.34. The summed E-state index contributed by atoms with van der Waals surface area (Å²) >= 11 is 0. The summed E-state index contributed by atoms with van der Waals surface area (Å²) in [5.74, 6) is -0.379. The number of carbonyl (C=O) groups is 1. The van der Waals surface area contributed by atoms with Crippen LogP contribution in [0.1, 0.15) is 10.5 Å². The molecule has 2 heterocycles. The quantitative estimate of drug-likeness (QED) is 0.731. The lowest BCUT2D eigenvalue weighted by atomic mass is 10.2. The number of carbonyl (C=O) groups excluding carboxylic acids is 1. The SMILES string of the molecule is COCCNC(=O)c1cc2ccc(F)cc2n1-c1ncccn1. The minimum Gasteiger partial charge on any atom is -0.383 e. The van der Waals surface area contributed by atoms with Crippen LogP contribution in [-0.4, -0.2) is 40.7 Å². The van der Waals surface area contributed by atoms with E-state index in [9.17, 15) is 9.18 Å². The lowest BCUT2D eigenvalue weighted by molar-refractivity contribution is 0.0930. The molecule has 1 aromatic carbocycles. The first kappa shape index (κ1) is 15.1. The summed E-state index contributed by atoms with van der Waals surface area (Å²) in [7, 11) is 1.56. The fourth-order valence-electron chi connectivity index (χ4n) is 2.32. The maximum absolute atomic E-state index is 13.6. The molecule has 0 saturated carbocycles. The van der Waals surface area contributed by atoms with Crippen LogP contribution in [0.2, 0.25) is 0 Å². The van der Waals surface area contributed by atoms with Crippen LogP contribution in [0, 0.1) is 5.82 Å². The molecular weight excluding hydrogens is 299 g/mol. The number of aromatic nitrogens is 3. The predicted molar refractivity (Wildman–Crippen MR) is 83.0 cm³/mol. The molecule has 0 saturated heterocycles. The maximum atomic E-state index is 13.6. The zero-order valence-electron chi connectivity index (χ0n) is 12.5. The van der Waals surface area contributed by atoms with Crippen molar-refractivity contribution in [2.24, 2.45) is 0 Å². The Morgan fingerprint density at radius 2 is 2.09 bits per heavy atom. The smallest absolute Gasteiger partial charge is 0.268 e. The zero-order chi connectivity index (χ0) is 16.2. The van der Waals surface area contributed by atoms with Crippen molar-refractivity contribution in [3.05, 3.63) is 54.2 Å². The highest BCUT2D eigenvalue weighted by atomic mass is 19.1. The topological polar surface area (TPSA) is 69.0 Å². The van der Waals surface area contributed by atoms with Gasteiger partial charge in [-0.25, -0.2) is 14.4 Å². The number of hydrogen-bond donors (Lipinski definition) is 1. The van der Waals surface area contributed by atoms with Crippen molar-refractivity contribution < 1.29 is 13.9 Å². The molecule has 3 rings (SSSR count). The Hall–Kier alpha value is -2.80. The summed E-state index contributed by atoms with van der Waals surface area (Å²) in [6.45, 7) is 0.781. The number of rotatable bonds is 5. The van der Waals surface area contributed by atoms with Gasteiger partial charge in [0.25, 0.3) is 5.91 Å². The number of hydrogen-bond acceptors (Lipinski definition) is 4. The van der Waals surface area contributed by atoms with Gasteiger partial charge in [-0.2, -0.15) is 0 Å². The molecule has 0 aliphatic rings. The Morgan fingerprint density at radius 3 is 2.83 bits per heavy atom. The van der Waals surface area contributed by atoms with E-state index in [2.05, 4.69) is 15.3 Å². The van der Waals surface area contributed by atoms with E-state index in [0.717, 1.165) is 5.39 Å². The molecule has 1 N–H and O–H groups in total. The molecule has 0 bridgehead atoms. The number of methoxy groups -OCH3 is 1.